The van der Waals surface area contributed by atoms with Crippen molar-refractivity contribution in [1.82, 2.24) is 9.88 Å². The maximum atomic E-state index is 13.3. The van der Waals surface area contributed by atoms with Crippen LogP contribution in [0.4, 0.5) is 5.69 Å². The van der Waals surface area contributed by atoms with Crippen molar-refractivity contribution in [2.24, 2.45) is 0 Å². The highest BCUT2D eigenvalue weighted by atomic mass is 32.1. The first kappa shape index (κ1) is 21.5. The van der Waals surface area contributed by atoms with Crippen LogP contribution in [-0.4, -0.2) is 49.1 Å². The maximum Gasteiger partial charge on any atom is 0.229 e. The molecule has 2 aromatic carbocycles. The Bertz CT molecular complexity index is 980. The van der Waals surface area contributed by atoms with Crippen molar-refractivity contribution in [3.05, 3.63) is 71.2 Å². The smallest absolute Gasteiger partial charge is 0.229 e. The Kier molecular flexibility index (Phi) is 6.99. The largest absolute Gasteiger partial charge is 0.378 e. The topological polar surface area (TPSA) is 45.7 Å². The van der Waals surface area contributed by atoms with E-state index >= 15 is 0 Å². The number of hydrogen-bond acceptors (Lipinski definition) is 5. The molecule has 0 saturated carbocycles. The zero-order chi connectivity index (χ0) is 21.6. The molecule has 6 heteroatoms. The average Bonchev–Trinajstić information content (AvgIpc) is 3.46. The number of aromatic nitrogens is 1. The van der Waals surface area contributed by atoms with Gasteiger partial charge in [0.05, 0.1) is 18.2 Å². The van der Waals surface area contributed by atoms with E-state index in [1.807, 2.05) is 54.7 Å². The normalized spacial score (nSPS) is 15.7. The van der Waals surface area contributed by atoms with Crippen LogP contribution in [0.5, 0.6) is 0 Å². The van der Waals surface area contributed by atoms with Crippen molar-refractivity contribution in [3.63, 3.8) is 0 Å². The van der Waals surface area contributed by atoms with Crippen molar-refractivity contribution in [3.8, 4) is 10.6 Å². The van der Waals surface area contributed by atoms with Crippen molar-refractivity contribution in [2.75, 3.05) is 32.1 Å². The molecule has 1 unspecified atom stereocenters. The summed E-state index contributed by atoms with van der Waals surface area (Å²) in [5.74, 6) is 0.0945. The number of thiazole rings is 1. The van der Waals surface area contributed by atoms with Gasteiger partial charge in [0.1, 0.15) is 5.01 Å². The first-order valence-electron chi connectivity index (χ1n) is 10.7. The van der Waals surface area contributed by atoms with E-state index in [9.17, 15) is 4.79 Å². The maximum absolute atomic E-state index is 13.3. The number of hydrogen-bond donors (Lipinski definition) is 0. The van der Waals surface area contributed by atoms with Crippen molar-refractivity contribution < 1.29 is 9.53 Å². The fourth-order valence-corrected chi connectivity index (χ4v) is 4.60. The predicted molar refractivity (Wildman–Crippen MR) is 126 cm³/mol. The van der Waals surface area contributed by atoms with Crippen molar-refractivity contribution >= 4 is 22.9 Å². The van der Waals surface area contributed by atoms with Crippen molar-refractivity contribution in [2.45, 2.75) is 31.9 Å². The summed E-state index contributed by atoms with van der Waals surface area (Å²) in [4.78, 5) is 22.0. The van der Waals surface area contributed by atoms with Gasteiger partial charge in [-0.05, 0) is 30.5 Å². The number of amides is 1. The van der Waals surface area contributed by atoms with Crippen LogP contribution in [0.15, 0.2) is 60.0 Å². The number of carbonyl (C=O) groups excluding carboxylic acids is 1. The molecule has 1 aliphatic rings. The molecule has 0 N–H and O–H groups in total. The van der Waals surface area contributed by atoms with Gasteiger partial charge in [-0.2, -0.15) is 0 Å². The van der Waals surface area contributed by atoms with Crippen LogP contribution in [-0.2, 0) is 22.5 Å². The van der Waals surface area contributed by atoms with Crippen LogP contribution < -0.4 is 4.90 Å². The number of carbonyl (C=O) groups is 1. The van der Waals surface area contributed by atoms with Gasteiger partial charge in [-0.15, -0.1) is 11.3 Å². The summed E-state index contributed by atoms with van der Waals surface area (Å²) in [7, 11) is 4.06. The Morgan fingerprint density at radius 2 is 1.90 bits per heavy atom. The van der Waals surface area contributed by atoms with Crippen LogP contribution in [0, 0.1) is 0 Å². The standard InChI is InChI=1S/C25H29N3O2S/c1-27(2)22-12-10-19(11-13-22)16-28(17-23-9-6-14-30-23)24(29)15-21-18-31-25(26-21)20-7-4-3-5-8-20/h3-5,7-8,10-13,18,23H,6,9,14-17H2,1-2H3. The molecule has 4 rings (SSSR count). The van der Waals surface area contributed by atoms with E-state index in [0.29, 0.717) is 19.5 Å². The van der Waals surface area contributed by atoms with Gasteiger partial charge < -0.3 is 14.5 Å². The molecular weight excluding hydrogens is 406 g/mol. The fourth-order valence-electron chi connectivity index (χ4n) is 3.78. The second-order valence-corrected chi connectivity index (χ2v) is 9.02. The van der Waals surface area contributed by atoms with Gasteiger partial charge in [0.15, 0.2) is 0 Å². The highest BCUT2D eigenvalue weighted by Crippen LogP contribution is 2.24. The Morgan fingerprint density at radius 1 is 1.13 bits per heavy atom. The quantitative estimate of drug-likeness (QED) is 0.518. The fraction of sp³-hybridized carbons (Fsp3) is 0.360. The average molecular weight is 436 g/mol. The van der Waals surface area contributed by atoms with E-state index in [0.717, 1.165) is 47.0 Å². The SMILES string of the molecule is CN(C)c1ccc(CN(CC2CCCO2)C(=O)Cc2csc(-c3ccccc3)n2)cc1. The summed E-state index contributed by atoms with van der Waals surface area (Å²) >= 11 is 1.59. The van der Waals surface area contributed by atoms with E-state index in [1.54, 1.807) is 11.3 Å². The van der Waals surface area contributed by atoms with Crippen LogP contribution >= 0.6 is 11.3 Å². The number of ether oxygens (including phenoxy) is 1. The lowest BCUT2D eigenvalue weighted by Gasteiger charge is -2.26. The molecule has 1 aromatic heterocycles. The molecule has 0 aliphatic carbocycles. The summed E-state index contributed by atoms with van der Waals surface area (Å²) in [5.41, 5.74) is 4.19. The first-order chi connectivity index (χ1) is 15.1. The number of benzene rings is 2. The summed E-state index contributed by atoms with van der Waals surface area (Å²) in [6.45, 7) is 2.00. The van der Waals surface area contributed by atoms with Gasteiger partial charge in [-0.1, -0.05) is 42.5 Å². The van der Waals surface area contributed by atoms with Gasteiger partial charge in [-0.25, -0.2) is 4.98 Å². The first-order valence-corrected chi connectivity index (χ1v) is 11.6. The molecule has 0 bridgehead atoms. The van der Waals surface area contributed by atoms with E-state index in [4.69, 9.17) is 9.72 Å². The number of anilines is 1. The molecule has 3 aromatic rings. The Morgan fingerprint density at radius 3 is 2.58 bits per heavy atom. The zero-order valence-electron chi connectivity index (χ0n) is 18.2. The molecule has 31 heavy (non-hydrogen) atoms. The van der Waals surface area contributed by atoms with Crippen LogP contribution in [0.2, 0.25) is 0 Å². The van der Waals surface area contributed by atoms with Gasteiger partial charge in [0.2, 0.25) is 5.91 Å². The molecule has 1 atom stereocenters. The minimum Gasteiger partial charge on any atom is -0.378 e. The monoisotopic (exact) mass is 435 g/mol. The molecule has 1 amide bonds. The summed E-state index contributed by atoms with van der Waals surface area (Å²) in [6, 6.07) is 18.5. The minimum atomic E-state index is 0.0945. The van der Waals surface area contributed by atoms with Gasteiger partial charge in [0.25, 0.3) is 0 Å². The highest BCUT2D eigenvalue weighted by molar-refractivity contribution is 7.13. The molecule has 1 aliphatic heterocycles. The van der Waals surface area contributed by atoms with Crippen LogP contribution in [0.3, 0.4) is 0 Å². The Balaban J connectivity index is 1.46. The van der Waals surface area contributed by atoms with E-state index in [-0.39, 0.29) is 12.0 Å². The lowest BCUT2D eigenvalue weighted by molar-refractivity contribution is -0.132. The highest BCUT2D eigenvalue weighted by Gasteiger charge is 2.23. The van der Waals surface area contributed by atoms with E-state index in [1.165, 1.54) is 0 Å². The zero-order valence-corrected chi connectivity index (χ0v) is 19.0. The minimum absolute atomic E-state index is 0.0945. The second kappa shape index (κ2) is 10.1. The molecule has 5 nitrogen and oxygen atoms in total. The molecule has 0 radical (unpaired) electrons. The third kappa shape index (κ3) is 5.71. The van der Waals surface area contributed by atoms with E-state index < -0.39 is 0 Å². The van der Waals surface area contributed by atoms with Crippen molar-refractivity contribution in [1.29, 1.82) is 0 Å². The molecule has 1 saturated heterocycles. The number of rotatable bonds is 8. The van der Waals surface area contributed by atoms with Gasteiger partial charge in [-0.3, -0.25) is 4.79 Å². The molecule has 2 heterocycles. The predicted octanol–water partition coefficient (Wildman–Crippen LogP) is 4.63. The summed E-state index contributed by atoms with van der Waals surface area (Å²) < 4.78 is 5.82. The van der Waals surface area contributed by atoms with E-state index in [2.05, 4.69) is 29.2 Å². The molecule has 162 valence electrons. The molecule has 1 fully saturated rings. The van der Waals surface area contributed by atoms with Crippen LogP contribution in [0.1, 0.15) is 24.1 Å². The molecule has 0 spiro atoms. The summed E-state index contributed by atoms with van der Waals surface area (Å²) in [6.07, 6.45) is 2.51. The van der Waals surface area contributed by atoms with Gasteiger partial charge in [0, 0.05) is 50.4 Å². The number of nitrogens with zero attached hydrogens (tertiary/aromatic N) is 3. The second-order valence-electron chi connectivity index (χ2n) is 8.16. The third-order valence-electron chi connectivity index (χ3n) is 5.53. The Hall–Kier alpha value is -2.70. The lowest BCUT2D eigenvalue weighted by atomic mass is 10.1. The third-order valence-corrected chi connectivity index (χ3v) is 6.47. The van der Waals surface area contributed by atoms with Crippen LogP contribution in [0.25, 0.3) is 10.6 Å². The Labute approximate surface area is 188 Å². The lowest BCUT2D eigenvalue weighted by Crippen LogP contribution is -2.37. The summed E-state index contributed by atoms with van der Waals surface area (Å²) in [5, 5.41) is 2.95. The molecular formula is C25H29N3O2S. The van der Waals surface area contributed by atoms with Gasteiger partial charge >= 0.3 is 0 Å².